The van der Waals surface area contributed by atoms with Crippen molar-refractivity contribution in [3.8, 4) is 5.75 Å². The van der Waals surface area contributed by atoms with E-state index in [2.05, 4.69) is 25.4 Å². The van der Waals surface area contributed by atoms with Crippen LogP contribution in [-0.4, -0.2) is 57.6 Å². The van der Waals surface area contributed by atoms with Crippen molar-refractivity contribution in [2.75, 3.05) is 25.1 Å². The third kappa shape index (κ3) is 6.39. The highest BCUT2D eigenvalue weighted by Crippen LogP contribution is 2.31. The summed E-state index contributed by atoms with van der Waals surface area (Å²) in [5, 5.41) is 16.6. The molecule has 2 aromatic heterocycles. The number of aromatic nitrogens is 2. The van der Waals surface area contributed by atoms with Crippen molar-refractivity contribution >= 4 is 5.95 Å². The second-order valence-corrected chi connectivity index (χ2v) is 8.94. The Bertz CT molecular complexity index is 1220. The molecule has 1 fully saturated rings. The molecule has 4 heterocycles. The van der Waals surface area contributed by atoms with Crippen LogP contribution in [0.15, 0.2) is 47.2 Å². The maximum atomic E-state index is 14.4. The van der Waals surface area contributed by atoms with Crippen LogP contribution in [0.4, 0.5) is 23.5 Å². The van der Waals surface area contributed by atoms with Gasteiger partial charge in [0.05, 0.1) is 18.5 Å². The predicted molar refractivity (Wildman–Crippen MR) is 124 cm³/mol. The van der Waals surface area contributed by atoms with E-state index in [1.807, 2.05) is 0 Å². The number of fused-ring (bicyclic) bond motifs is 1. The van der Waals surface area contributed by atoms with Crippen molar-refractivity contribution in [1.29, 1.82) is 0 Å². The zero-order chi connectivity index (χ0) is 26.7. The van der Waals surface area contributed by atoms with Gasteiger partial charge in [-0.25, -0.2) is 19.8 Å². The van der Waals surface area contributed by atoms with Crippen molar-refractivity contribution in [2.24, 2.45) is 0 Å². The molecular weight excluding hydrogens is 512 g/mol. The van der Waals surface area contributed by atoms with Crippen LogP contribution in [-0.2, 0) is 17.7 Å². The number of benzene rings is 1. The molecule has 14 heteroatoms. The molecule has 0 radical (unpaired) electrons. The fourth-order valence-electron chi connectivity index (χ4n) is 4.40. The Morgan fingerprint density at radius 3 is 2.74 bits per heavy atom. The number of ether oxygens (including phenoxy) is 2. The van der Waals surface area contributed by atoms with Gasteiger partial charge in [0.1, 0.15) is 11.8 Å². The molecule has 1 aromatic carbocycles. The van der Waals surface area contributed by atoms with Crippen LogP contribution in [0.2, 0.25) is 0 Å². The number of hydrazine groups is 2. The lowest BCUT2D eigenvalue weighted by Gasteiger charge is -2.35. The van der Waals surface area contributed by atoms with E-state index in [1.54, 1.807) is 23.3 Å². The molecule has 0 unspecified atom stereocenters. The molecule has 2 aliphatic heterocycles. The number of hydrogen-bond donors (Lipinski definition) is 3. The largest absolute Gasteiger partial charge is 0.573 e. The molecule has 1 saturated heterocycles. The third-order valence-corrected chi connectivity index (χ3v) is 6.34. The van der Waals surface area contributed by atoms with E-state index < -0.39 is 24.0 Å². The van der Waals surface area contributed by atoms with E-state index in [-0.39, 0.29) is 18.2 Å². The summed E-state index contributed by atoms with van der Waals surface area (Å²) in [6, 6.07) is 5.51. The number of alkyl halides is 3. The molecule has 0 amide bonds. The molecule has 0 spiro atoms. The summed E-state index contributed by atoms with van der Waals surface area (Å²) in [5.41, 5.74) is 4.72. The minimum atomic E-state index is -5.03. The summed E-state index contributed by atoms with van der Waals surface area (Å²) >= 11 is 0. The van der Waals surface area contributed by atoms with E-state index in [0.29, 0.717) is 37.9 Å². The van der Waals surface area contributed by atoms with Gasteiger partial charge in [-0.3, -0.25) is 5.21 Å². The molecule has 10 nitrogen and oxygen atoms in total. The zero-order valence-electron chi connectivity index (χ0n) is 20.1. The number of anilines is 1. The Morgan fingerprint density at radius 2 is 2.03 bits per heavy atom. The second-order valence-electron chi connectivity index (χ2n) is 8.94. The standard InChI is InChI=1S/C24H26F4N6O4/c25-18-12-15(3-4-20(18)38-24(26,27)28)22(21-2-1-9-37-21)32-34(35)33-8-5-16-13-29-23(31-19(16)14-33)30-17-6-10-36-11-7-17/h1-4,9,12-13,17,22,32,35H,5-8,10-11,14H2,(H,29,30,31)/t22-/m0/s1. The first kappa shape index (κ1) is 26.3. The lowest BCUT2D eigenvalue weighted by molar-refractivity contribution is -0.293. The molecule has 204 valence electrons. The van der Waals surface area contributed by atoms with Gasteiger partial charge in [-0.15, -0.1) is 13.2 Å². The molecule has 2 aliphatic rings. The van der Waals surface area contributed by atoms with Crippen LogP contribution >= 0.6 is 0 Å². The topological polar surface area (TPSA) is 108 Å². The lowest BCUT2D eigenvalue weighted by atomic mass is 10.0. The van der Waals surface area contributed by atoms with Crippen molar-refractivity contribution in [2.45, 2.75) is 44.3 Å². The average molecular weight is 539 g/mol. The van der Waals surface area contributed by atoms with Gasteiger partial charge in [0.25, 0.3) is 0 Å². The summed E-state index contributed by atoms with van der Waals surface area (Å²) in [5.74, 6) is -1.37. The highest BCUT2D eigenvalue weighted by atomic mass is 19.4. The highest BCUT2D eigenvalue weighted by molar-refractivity contribution is 5.34. The molecule has 38 heavy (non-hydrogen) atoms. The maximum Gasteiger partial charge on any atom is 0.573 e. The zero-order valence-corrected chi connectivity index (χ0v) is 20.1. The van der Waals surface area contributed by atoms with Crippen molar-refractivity contribution in [3.63, 3.8) is 0 Å². The van der Waals surface area contributed by atoms with Crippen molar-refractivity contribution in [1.82, 2.24) is 25.7 Å². The van der Waals surface area contributed by atoms with Crippen LogP contribution in [0.1, 0.15) is 41.5 Å². The first-order chi connectivity index (χ1) is 18.2. The van der Waals surface area contributed by atoms with Gasteiger partial charge < -0.3 is 19.2 Å². The number of nitrogens with one attached hydrogen (secondary N) is 2. The normalized spacial score (nSPS) is 17.8. The number of halogens is 4. The number of hydrogen-bond acceptors (Lipinski definition) is 10. The summed E-state index contributed by atoms with van der Waals surface area (Å²) in [4.78, 5) is 9.05. The molecule has 3 N–H and O–H groups in total. The number of rotatable bonds is 8. The minimum absolute atomic E-state index is 0.203. The monoisotopic (exact) mass is 538 g/mol. The third-order valence-electron chi connectivity index (χ3n) is 6.34. The van der Waals surface area contributed by atoms with Crippen LogP contribution in [0.25, 0.3) is 0 Å². The molecule has 1 atom stereocenters. The van der Waals surface area contributed by atoms with Crippen molar-refractivity contribution < 1.29 is 36.7 Å². The predicted octanol–water partition coefficient (Wildman–Crippen LogP) is 3.96. The minimum Gasteiger partial charge on any atom is -0.467 e. The van der Waals surface area contributed by atoms with Crippen LogP contribution in [0, 0.1) is 5.82 Å². The van der Waals surface area contributed by atoms with E-state index in [0.717, 1.165) is 41.5 Å². The SMILES string of the molecule is ON(N[C@@H](c1ccc(OC(F)(F)F)c(F)c1)c1ccco1)N1CCc2cnc(NC3CCOCC3)nc2C1. The van der Waals surface area contributed by atoms with E-state index >= 15 is 0 Å². The van der Waals surface area contributed by atoms with Gasteiger partial charge in [-0.05, 0) is 54.7 Å². The van der Waals surface area contributed by atoms with E-state index in [1.165, 1.54) is 12.3 Å². The fourth-order valence-corrected chi connectivity index (χ4v) is 4.40. The molecule has 0 bridgehead atoms. The number of furan rings is 1. The average Bonchev–Trinajstić information content (AvgIpc) is 3.42. The second kappa shape index (κ2) is 11.2. The highest BCUT2D eigenvalue weighted by Gasteiger charge is 2.33. The Morgan fingerprint density at radius 1 is 1.21 bits per heavy atom. The Labute approximate surface area is 215 Å². The number of nitrogens with zero attached hydrogens (tertiary/aromatic N) is 4. The summed E-state index contributed by atoms with van der Waals surface area (Å²) < 4.78 is 66.6. The molecule has 3 aromatic rings. The van der Waals surface area contributed by atoms with Crippen LogP contribution in [0.3, 0.4) is 0 Å². The van der Waals surface area contributed by atoms with Gasteiger partial charge >= 0.3 is 6.36 Å². The van der Waals surface area contributed by atoms with Gasteiger partial charge in [0.2, 0.25) is 5.95 Å². The Kier molecular flexibility index (Phi) is 7.76. The quantitative estimate of drug-likeness (QED) is 0.288. The van der Waals surface area contributed by atoms with Crippen LogP contribution in [0.5, 0.6) is 5.75 Å². The molecule has 0 aliphatic carbocycles. The fraction of sp³-hybridized carbons (Fsp3) is 0.417. The van der Waals surface area contributed by atoms with Crippen LogP contribution < -0.4 is 15.5 Å². The first-order valence-electron chi connectivity index (χ1n) is 12.0. The Hall–Kier alpha value is -3.30. The van der Waals surface area contributed by atoms with Gasteiger partial charge in [0.15, 0.2) is 11.6 Å². The van der Waals surface area contributed by atoms with E-state index in [4.69, 9.17) is 9.15 Å². The first-order valence-corrected chi connectivity index (χ1v) is 12.0. The molecule has 5 rings (SSSR count). The summed E-state index contributed by atoms with van der Waals surface area (Å²) in [6.07, 6.45) is 0.421. The lowest BCUT2D eigenvalue weighted by Crippen LogP contribution is -2.52. The molecule has 0 saturated carbocycles. The van der Waals surface area contributed by atoms with Gasteiger partial charge in [0, 0.05) is 32.0 Å². The smallest absolute Gasteiger partial charge is 0.467 e. The molecular formula is C24H26F4N6O4. The Balaban J connectivity index is 1.30. The summed E-state index contributed by atoms with van der Waals surface area (Å²) in [6.45, 7) is 2.03. The summed E-state index contributed by atoms with van der Waals surface area (Å²) in [7, 11) is 0. The maximum absolute atomic E-state index is 14.4. The van der Waals surface area contributed by atoms with Crippen molar-refractivity contribution in [3.05, 3.63) is 71.2 Å². The van der Waals surface area contributed by atoms with Gasteiger partial charge in [-0.1, -0.05) is 11.3 Å². The van der Waals surface area contributed by atoms with E-state index in [9.17, 15) is 22.8 Å². The van der Waals surface area contributed by atoms with Gasteiger partial charge in [-0.2, -0.15) is 5.01 Å².